The third-order valence-corrected chi connectivity index (χ3v) is 10.5. The molecule has 1 rings (SSSR count). The summed E-state index contributed by atoms with van der Waals surface area (Å²) in [5.74, 6) is -0.871. The van der Waals surface area contributed by atoms with Gasteiger partial charge in [-0.2, -0.15) is 0 Å². The first-order valence-corrected chi connectivity index (χ1v) is 23.2. The maximum absolute atomic E-state index is 12.8. The fourth-order valence-electron chi connectivity index (χ4n) is 6.77. The molecule has 0 aliphatic carbocycles. The number of esters is 2. The van der Waals surface area contributed by atoms with Crippen LogP contribution in [0.5, 0.6) is 0 Å². The summed E-state index contributed by atoms with van der Waals surface area (Å²) in [5.41, 5.74) is 0. The maximum atomic E-state index is 12.8. The lowest BCUT2D eigenvalue weighted by Gasteiger charge is -2.39. The van der Waals surface area contributed by atoms with Crippen LogP contribution in [-0.4, -0.2) is 89.0 Å². The summed E-state index contributed by atoms with van der Waals surface area (Å²) < 4.78 is 22.1. The highest BCUT2D eigenvalue weighted by Gasteiger charge is 2.44. The minimum atomic E-state index is -1.60. The minimum absolute atomic E-state index is 0.155. The van der Waals surface area contributed by atoms with Crippen molar-refractivity contribution in [2.24, 2.45) is 0 Å². The number of allylic oxidation sites excluding steroid dienone is 8. The van der Waals surface area contributed by atoms with E-state index in [1.165, 1.54) is 109 Å². The van der Waals surface area contributed by atoms with Gasteiger partial charge in [0.1, 0.15) is 31.0 Å². The van der Waals surface area contributed by atoms with Crippen LogP contribution in [0.25, 0.3) is 0 Å². The molecule has 1 saturated heterocycles. The van der Waals surface area contributed by atoms with Crippen LogP contribution >= 0.6 is 0 Å². The van der Waals surface area contributed by atoms with Crippen molar-refractivity contribution in [3.8, 4) is 0 Å². The molecular weight excluding hydrogens is 737 g/mol. The highest BCUT2D eigenvalue weighted by molar-refractivity contribution is 5.70. The summed E-state index contributed by atoms with van der Waals surface area (Å²) >= 11 is 0. The van der Waals surface area contributed by atoms with Gasteiger partial charge >= 0.3 is 11.9 Å². The van der Waals surface area contributed by atoms with Crippen LogP contribution in [-0.2, 0) is 28.5 Å². The molecule has 0 amide bonds. The Hall–Kier alpha value is -2.34. The van der Waals surface area contributed by atoms with Crippen LogP contribution < -0.4 is 0 Å². The van der Waals surface area contributed by atoms with E-state index in [9.17, 15) is 30.0 Å². The molecule has 0 radical (unpaired) electrons. The predicted octanol–water partition coefficient (Wildman–Crippen LogP) is 10.1. The second-order valence-corrected chi connectivity index (χ2v) is 15.9. The number of carbonyl (C=O) groups excluding carboxylic acids is 2. The van der Waals surface area contributed by atoms with Gasteiger partial charge in [0, 0.05) is 12.8 Å². The Kier molecular flexibility index (Phi) is 35.9. The third-order valence-electron chi connectivity index (χ3n) is 10.5. The van der Waals surface area contributed by atoms with Crippen molar-refractivity contribution >= 4 is 11.9 Å². The maximum Gasteiger partial charge on any atom is 0.306 e. The Bertz CT molecular complexity index is 1090. The molecule has 1 aliphatic rings. The minimum Gasteiger partial charge on any atom is -0.462 e. The second-order valence-electron chi connectivity index (χ2n) is 15.9. The standard InChI is InChI=1S/C48H84O10/c1-3-5-7-9-11-13-15-17-18-19-20-21-22-23-24-25-27-29-31-33-35-37-44(51)57-41(40-56-48-47(54)46(53)45(52)42(38-49)58-48)39-55-43(50)36-34-32-30-28-26-16-14-12-10-8-6-4-2/h18-19,21-22,24-25,29,31,41-42,45-49,52-54H,3-17,20,23,26-28,30,32-40H2,1-2H3/b19-18+,22-21+,25-24+,31-29+/t41-,42-,45+,46?,47?,48-/m1/s1. The zero-order chi connectivity index (χ0) is 42.3. The summed E-state index contributed by atoms with van der Waals surface area (Å²) in [6, 6.07) is 0. The molecule has 0 spiro atoms. The van der Waals surface area contributed by atoms with Crippen molar-refractivity contribution in [2.75, 3.05) is 19.8 Å². The van der Waals surface area contributed by atoms with E-state index in [1.54, 1.807) is 0 Å². The van der Waals surface area contributed by atoms with Gasteiger partial charge in [-0.3, -0.25) is 9.59 Å². The monoisotopic (exact) mass is 821 g/mol. The molecule has 0 aromatic heterocycles. The number of rotatable bonds is 38. The van der Waals surface area contributed by atoms with Crippen molar-refractivity contribution in [3.63, 3.8) is 0 Å². The lowest BCUT2D eigenvalue weighted by Crippen LogP contribution is -2.59. The number of hydrogen-bond acceptors (Lipinski definition) is 10. The predicted molar refractivity (Wildman–Crippen MR) is 233 cm³/mol. The molecular formula is C48H84O10. The molecule has 2 unspecified atom stereocenters. The first kappa shape index (κ1) is 53.7. The zero-order valence-electron chi connectivity index (χ0n) is 36.5. The van der Waals surface area contributed by atoms with E-state index in [0.717, 1.165) is 38.5 Å². The van der Waals surface area contributed by atoms with Crippen LogP contribution in [0.1, 0.15) is 187 Å². The number of hydrogen-bond donors (Lipinski definition) is 4. The quantitative estimate of drug-likeness (QED) is 0.0269. The van der Waals surface area contributed by atoms with E-state index in [-0.39, 0.29) is 26.1 Å². The Labute approximate surface area is 352 Å². The van der Waals surface area contributed by atoms with E-state index in [1.807, 2.05) is 6.08 Å². The van der Waals surface area contributed by atoms with Crippen molar-refractivity contribution in [2.45, 2.75) is 224 Å². The average Bonchev–Trinajstić information content (AvgIpc) is 3.22. The van der Waals surface area contributed by atoms with E-state index >= 15 is 0 Å². The fourth-order valence-corrected chi connectivity index (χ4v) is 6.77. The fraction of sp³-hybridized carbons (Fsp3) is 0.792. The lowest BCUT2D eigenvalue weighted by atomic mass is 9.99. The molecule has 1 fully saturated rings. The second kappa shape index (κ2) is 38.8. The SMILES string of the molecule is CCCCCCCCC/C=C/C/C=C/C/C=C/C/C=C/CCCC(=O)O[C@H](COC(=O)CCCCCCCCCCCCCC)CO[C@@H]1O[C@H](CO)[C@H](O)C(O)C1O. The Balaban J connectivity index is 2.36. The van der Waals surface area contributed by atoms with E-state index in [4.69, 9.17) is 18.9 Å². The molecule has 58 heavy (non-hydrogen) atoms. The summed E-state index contributed by atoms with van der Waals surface area (Å²) in [4.78, 5) is 25.3. The van der Waals surface area contributed by atoms with Crippen LogP contribution in [0.15, 0.2) is 48.6 Å². The van der Waals surface area contributed by atoms with Crippen molar-refractivity contribution in [1.29, 1.82) is 0 Å². The number of ether oxygens (including phenoxy) is 4. The molecule has 0 aromatic carbocycles. The molecule has 336 valence electrons. The third kappa shape index (κ3) is 29.8. The number of unbranched alkanes of at least 4 members (excludes halogenated alkanes) is 19. The summed E-state index contributed by atoms with van der Waals surface area (Å²) in [7, 11) is 0. The molecule has 0 bridgehead atoms. The van der Waals surface area contributed by atoms with Crippen molar-refractivity contribution in [3.05, 3.63) is 48.6 Å². The number of aliphatic hydroxyl groups is 4. The van der Waals surface area contributed by atoms with Crippen LogP contribution in [0.2, 0.25) is 0 Å². The largest absolute Gasteiger partial charge is 0.462 e. The molecule has 0 saturated carbocycles. The van der Waals surface area contributed by atoms with Gasteiger partial charge < -0.3 is 39.4 Å². The van der Waals surface area contributed by atoms with E-state index in [2.05, 4.69) is 56.4 Å². The summed E-state index contributed by atoms with van der Waals surface area (Å²) in [6.45, 7) is 3.36. The van der Waals surface area contributed by atoms with Crippen LogP contribution in [0.4, 0.5) is 0 Å². The van der Waals surface area contributed by atoms with Gasteiger partial charge in [-0.1, -0.05) is 172 Å². The number of aliphatic hydroxyl groups excluding tert-OH is 4. The first-order valence-electron chi connectivity index (χ1n) is 23.2. The van der Waals surface area contributed by atoms with Gasteiger partial charge in [0.25, 0.3) is 0 Å². The average molecular weight is 821 g/mol. The van der Waals surface area contributed by atoms with Gasteiger partial charge in [0.2, 0.25) is 0 Å². The van der Waals surface area contributed by atoms with Gasteiger partial charge in [-0.15, -0.1) is 0 Å². The molecule has 1 heterocycles. The van der Waals surface area contributed by atoms with Crippen LogP contribution in [0, 0.1) is 0 Å². The molecule has 10 heteroatoms. The topological polar surface area (TPSA) is 152 Å². The lowest BCUT2D eigenvalue weighted by molar-refractivity contribution is -0.305. The Morgan fingerprint density at radius 3 is 1.50 bits per heavy atom. The summed E-state index contributed by atoms with van der Waals surface area (Å²) in [5, 5.41) is 40.1. The van der Waals surface area contributed by atoms with E-state index < -0.39 is 55.4 Å². The zero-order valence-corrected chi connectivity index (χ0v) is 36.5. The summed E-state index contributed by atoms with van der Waals surface area (Å²) in [6.07, 6.45) is 38.4. The Morgan fingerprint density at radius 2 is 0.983 bits per heavy atom. The van der Waals surface area contributed by atoms with Gasteiger partial charge in [-0.25, -0.2) is 0 Å². The van der Waals surface area contributed by atoms with E-state index in [0.29, 0.717) is 12.8 Å². The Morgan fingerprint density at radius 1 is 0.534 bits per heavy atom. The van der Waals surface area contributed by atoms with Gasteiger partial charge in [0.05, 0.1) is 13.2 Å². The van der Waals surface area contributed by atoms with Crippen LogP contribution in [0.3, 0.4) is 0 Å². The van der Waals surface area contributed by atoms with Gasteiger partial charge in [0.15, 0.2) is 12.4 Å². The van der Waals surface area contributed by atoms with Crippen molar-refractivity contribution in [1.82, 2.24) is 0 Å². The van der Waals surface area contributed by atoms with Crippen molar-refractivity contribution < 1.29 is 49.0 Å². The molecule has 4 N–H and O–H groups in total. The molecule has 1 aliphatic heterocycles. The molecule has 10 nitrogen and oxygen atoms in total. The smallest absolute Gasteiger partial charge is 0.306 e. The van der Waals surface area contributed by atoms with Gasteiger partial charge in [-0.05, 0) is 51.4 Å². The normalized spacial score (nSPS) is 20.6. The number of carbonyl (C=O) groups is 2. The highest BCUT2D eigenvalue weighted by atomic mass is 16.7. The molecule has 0 aromatic rings. The molecule has 6 atom stereocenters. The first-order chi connectivity index (χ1) is 28.3. The highest BCUT2D eigenvalue weighted by Crippen LogP contribution is 2.22.